The van der Waals surface area contributed by atoms with E-state index in [-0.39, 0.29) is 0 Å². The van der Waals surface area contributed by atoms with Gasteiger partial charge in [0.1, 0.15) is 5.69 Å². The lowest BCUT2D eigenvalue weighted by Gasteiger charge is -2.12. The average Bonchev–Trinajstić information content (AvgIpc) is 2.35. The summed E-state index contributed by atoms with van der Waals surface area (Å²) in [4.78, 5) is 12.6. The monoisotopic (exact) mass is 246 g/mol. The lowest BCUT2D eigenvalue weighted by Crippen LogP contribution is -2.07. The van der Waals surface area contributed by atoms with E-state index in [1.165, 1.54) is 6.20 Å². The van der Waals surface area contributed by atoms with Crippen LogP contribution >= 0.6 is 0 Å². The van der Waals surface area contributed by atoms with Gasteiger partial charge in [-0.2, -0.15) is 0 Å². The lowest BCUT2D eigenvalue weighted by atomic mass is 10.1. The van der Waals surface area contributed by atoms with Crippen LogP contribution in [0.4, 0.5) is 10.2 Å². The van der Waals surface area contributed by atoms with Crippen molar-refractivity contribution in [1.82, 2.24) is 15.0 Å². The first-order chi connectivity index (χ1) is 8.63. The molecule has 4 nitrogen and oxygen atoms in total. The molecule has 0 aliphatic rings. The van der Waals surface area contributed by atoms with Gasteiger partial charge >= 0.3 is 0 Å². The van der Waals surface area contributed by atoms with Crippen molar-refractivity contribution in [3.05, 3.63) is 35.7 Å². The van der Waals surface area contributed by atoms with E-state index >= 15 is 0 Å². The van der Waals surface area contributed by atoms with Gasteiger partial charge in [0.2, 0.25) is 0 Å². The van der Waals surface area contributed by atoms with Crippen molar-refractivity contribution in [3.63, 3.8) is 0 Å². The second-order valence-corrected chi connectivity index (χ2v) is 3.98. The van der Waals surface area contributed by atoms with E-state index in [4.69, 9.17) is 0 Å². The zero-order valence-corrected chi connectivity index (χ0v) is 10.7. The zero-order valence-electron chi connectivity index (χ0n) is 10.7. The Kier molecular flexibility index (Phi) is 3.50. The number of nitrogens with zero attached hydrogens (tertiary/aromatic N) is 3. The first-order valence-electron chi connectivity index (χ1n) is 5.82. The molecule has 0 bridgehead atoms. The van der Waals surface area contributed by atoms with Crippen molar-refractivity contribution >= 4 is 5.82 Å². The quantitative estimate of drug-likeness (QED) is 0.904. The molecule has 0 fully saturated rings. The van der Waals surface area contributed by atoms with Crippen molar-refractivity contribution in [2.75, 3.05) is 11.9 Å². The van der Waals surface area contributed by atoms with E-state index in [1.54, 1.807) is 12.3 Å². The molecule has 1 N–H and O–H groups in total. The molecular formula is C13H15FN4. The van der Waals surface area contributed by atoms with E-state index < -0.39 is 5.82 Å². The molecule has 2 aromatic heterocycles. The maximum atomic E-state index is 13.8. The molecule has 94 valence electrons. The Morgan fingerprint density at radius 1 is 1.22 bits per heavy atom. The van der Waals surface area contributed by atoms with E-state index in [1.807, 2.05) is 20.8 Å². The van der Waals surface area contributed by atoms with Crippen LogP contribution in [0.15, 0.2) is 18.5 Å². The largest absolute Gasteiger partial charge is 0.369 e. The normalized spacial score (nSPS) is 10.4. The maximum absolute atomic E-state index is 13.8. The summed E-state index contributed by atoms with van der Waals surface area (Å²) < 4.78 is 13.8. The molecule has 0 radical (unpaired) electrons. The second kappa shape index (κ2) is 5.08. The molecule has 0 saturated heterocycles. The predicted octanol–water partition coefficient (Wildman–Crippen LogP) is 2.73. The number of hydrogen-bond acceptors (Lipinski definition) is 4. The third-order valence-corrected chi connectivity index (χ3v) is 2.68. The molecule has 0 aliphatic heterocycles. The molecule has 18 heavy (non-hydrogen) atoms. The molecular weight excluding hydrogens is 231 g/mol. The first kappa shape index (κ1) is 12.4. The van der Waals surface area contributed by atoms with Crippen LogP contribution < -0.4 is 5.32 Å². The molecule has 0 spiro atoms. The summed E-state index contributed by atoms with van der Waals surface area (Å²) in [7, 11) is 0. The van der Waals surface area contributed by atoms with Gasteiger partial charge in [-0.15, -0.1) is 0 Å². The fraction of sp³-hybridized carbons (Fsp3) is 0.308. The SMILES string of the molecule is CCNc1nc(C)c(C)nc1-c1ccncc1F. The molecule has 0 amide bonds. The molecule has 0 atom stereocenters. The van der Waals surface area contributed by atoms with Gasteiger partial charge in [0.25, 0.3) is 0 Å². The molecule has 2 rings (SSSR count). The van der Waals surface area contributed by atoms with Crippen LogP contribution in [-0.4, -0.2) is 21.5 Å². The predicted molar refractivity (Wildman–Crippen MR) is 68.9 cm³/mol. The van der Waals surface area contributed by atoms with Crippen molar-refractivity contribution in [3.8, 4) is 11.3 Å². The fourth-order valence-electron chi connectivity index (χ4n) is 1.65. The molecule has 0 aliphatic carbocycles. The number of rotatable bonds is 3. The maximum Gasteiger partial charge on any atom is 0.153 e. The van der Waals surface area contributed by atoms with E-state index in [2.05, 4.69) is 20.3 Å². The van der Waals surface area contributed by atoms with Crippen LogP contribution in [0.1, 0.15) is 18.3 Å². The number of halogens is 1. The average molecular weight is 246 g/mol. The summed E-state index contributed by atoms with van der Waals surface area (Å²) in [6.45, 7) is 6.41. The molecule has 0 saturated carbocycles. The number of nitrogens with one attached hydrogen (secondary N) is 1. The summed E-state index contributed by atoms with van der Waals surface area (Å²) in [5.74, 6) is 0.208. The highest BCUT2D eigenvalue weighted by atomic mass is 19.1. The summed E-state index contributed by atoms with van der Waals surface area (Å²) >= 11 is 0. The van der Waals surface area contributed by atoms with E-state index in [9.17, 15) is 4.39 Å². The van der Waals surface area contributed by atoms with E-state index in [0.29, 0.717) is 23.6 Å². The Hall–Kier alpha value is -2.04. The Labute approximate surface area is 105 Å². The minimum absolute atomic E-state index is 0.394. The smallest absolute Gasteiger partial charge is 0.153 e. The number of aryl methyl sites for hydroxylation is 2. The van der Waals surface area contributed by atoms with Gasteiger partial charge in [-0.3, -0.25) is 4.98 Å². The second-order valence-electron chi connectivity index (χ2n) is 3.98. The van der Waals surface area contributed by atoms with E-state index in [0.717, 1.165) is 11.4 Å². The molecule has 2 heterocycles. The summed E-state index contributed by atoms with van der Waals surface area (Å²) in [5.41, 5.74) is 2.57. The summed E-state index contributed by atoms with van der Waals surface area (Å²) in [6, 6.07) is 1.61. The summed E-state index contributed by atoms with van der Waals surface area (Å²) in [5, 5.41) is 3.11. The topological polar surface area (TPSA) is 50.7 Å². The van der Waals surface area contributed by atoms with Gasteiger partial charge in [-0.05, 0) is 26.8 Å². The Bertz CT molecular complexity index is 569. The van der Waals surface area contributed by atoms with Crippen LogP contribution in [0.3, 0.4) is 0 Å². The minimum atomic E-state index is -0.394. The van der Waals surface area contributed by atoms with Crippen molar-refractivity contribution in [2.24, 2.45) is 0 Å². The van der Waals surface area contributed by atoms with Gasteiger partial charge in [0.05, 0.1) is 17.6 Å². The zero-order chi connectivity index (χ0) is 13.1. The highest BCUT2D eigenvalue weighted by Crippen LogP contribution is 2.27. The van der Waals surface area contributed by atoms with Gasteiger partial charge in [-0.1, -0.05) is 0 Å². The van der Waals surface area contributed by atoms with Crippen LogP contribution in [-0.2, 0) is 0 Å². The highest BCUT2D eigenvalue weighted by molar-refractivity contribution is 5.71. The first-order valence-corrected chi connectivity index (χ1v) is 5.82. The van der Waals surface area contributed by atoms with Crippen LogP contribution in [0, 0.1) is 19.7 Å². The number of pyridine rings is 1. The molecule has 0 aromatic carbocycles. The fourth-order valence-corrected chi connectivity index (χ4v) is 1.65. The Balaban J connectivity index is 2.62. The van der Waals surface area contributed by atoms with Gasteiger partial charge in [0, 0.05) is 18.3 Å². The van der Waals surface area contributed by atoms with Crippen molar-refractivity contribution in [2.45, 2.75) is 20.8 Å². The number of aromatic nitrogens is 3. The van der Waals surface area contributed by atoms with Crippen molar-refractivity contribution in [1.29, 1.82) is 0 Å². The van der Waals surface area contributed by atoms with Crippen LogP contribution in [0.5, 0.6) is 0 Å². The Morgan fingerprint density at radius 2 is 1.94 bits per heavy atom. The molecule has 2 aromatic rings. The van der Waals surface area contributed by atoms with Crippen LogP contribution in [0.2, 0.25) is 0 Å². The van der Waals surface area contributed by atoms with Gasteiger partial charge in [-0.25, -0.2) is 14.4 Å². The van der Waals surface area contributed by atoms with Crippen molar-refractivity contribution < 1.29 is 4.39 Å². The van der Waals surface area contributed by atoms with Gasteiger partial charge in [0.15, 0.2) is 11.6 Å². The summed E-state index contributed by atoms with van der Waals surface area (Å²) in [6.07, 6.45) is 2.73. The van der Waals surface area contributed by atoms with Gasteiger partial charge < -0.3 is 5.32 Å². The Morgan fingerprint density at radius 3 is 2.61 bits per heavy atom. The molecule has 5 heteroatoms. The van der Waals surface area contributed by atoms with Crippen LogP contribution in [0.25, 0.3) is 11.3 Å². The number of hydrogen-bond donors (Lipinski definition) is 1. The third-order valence-electron chi connectivity index (χ3n) is 2.68. The highest BCUT2D eigenvalue weighted by Gasteiger charge is 2.14. The lowest BCUT2D eigenvalue weighted by molar-refractivity contribution is 0.624. The minimum Gasteiger partial charge on any atom is -0.369 e. The standard InChI is InChI=1S/C13H15FN4/c1-4-16-13-12(17-8(2)9(3)18-13)10-5-6-15-7-11(10)14/h5-7H,4H2,1-3H3,(H,16,18). The molecule has 0 unspecified atom stereocenters. The number of anilines is 1. The third kappa shape index (κ3) is 2.30.